The van der Waals surface area contributed by atoms with Gasteiger partial charge in [0.15, 0.2) is 0 Å². The lowest BCUT2D eigenvalue weighted by molar-refractivity contribution is 0.0697. The number of nitrogens with one attached hydrogen (secondary N) is 1. The number of carboxylic acid groups (broad SMARTS) is 1. The van der Waals surface area contributed by atoms with Crippen molar-refractivity contribution >= 4 is 17.6 Å². The van der Waals surface area contributed by atoms with Gasteiger partial charge in [0.1, 0.15) is 0 Å². The molecule has 5 aromatic rings. The Morgan fingerprint density at radius 3 is 2.47 bits per heavy atom. The topological polar surface area (TPSA) is 119 Å². The maximum absolute atomic E-state index is 13.6. The van der Waals surface area contributed by atoms with Crippen LogP contribution in [0.4, 0.5) is 0 Å². The fourth-order valence-corrected chi connectivity index (χ4v) is 4.79. The number of tetrazole rings is 1. The third-order valence-electron chi connectivity index (χ3n) is 6.43. The lowest BCUT2D eigenvalue weighted by atomic mass is 9.98. The third kappa shape index (κ3) is 4.88. The normalized spacial score (nSPS) is 11.1. The molecule has 0 amide bonds. The predicted molar refractivity (Wildman–Crippen MR) is 145 cm³/mol. The smallest absolute Gasteiger partial charge is 0.337 e. The number of aromatic carboxylic acids is 1. The molecule has 0 radical (unpaired) electrons. The van der Waals surface area contributed by atoms with Crippen molar-refractivity contribution in [3.05, 3.63) is 105 Å². The molecule has 3 aromatic carbocycles. The summed E-state index contributed by atoms with van der Waals surface area (Å²) in [5, 5.41) is 24.3. The predicted octanol–water partition coefficient (Wildman–Crippen LogP) is 5.23. The molecule has 0 aliphatic carbocycles. The zero-order valence-electron chi connectivity index (χ0n) is 20.6. The molecule has 0 fully saturated rings. The van der Waals surface area contributed by atoms with E-state index >= 15 is 0 Å². The Bertz CT molecular complexity index is 1640. The summed E-state index contributed by atoms with van der Waals surface area (Å²) in [5.74, 6) is -0.632. The average Bonchev–Trinajstić information content (AvgIpc) is 3.57. The minimum atomic E-state index is -1.14. The number of imidazole rings is 1. The number of H-pyrrole nitrogens is 1. The monoisotopic (exact) mass is 528 g/mol. The van der Waals surface area contributed by atoms with Gasteiger partial charge in [0, 0.05) is 17.5 Å². The average molecular weight is 529 g/mol. The number of aromatic nitrogens is 6. The van der Waals surface area contributed by atoms with E-state index in [2.05, 4.69) is 27.5 Å². The van der Waals surface area contributed by atoms with Crippen LogP contribution in [0.2, 0.25) is 5.02 Å². The fraction of sp³-hybridized carbons (Fsp3) is 0.179. The molecular formula is C28H25ClN6O3. The molecule has 5 rings (SSSR count). The highest BCUT2D eigenvalue weighted by Crippen LogP contribution is 2.30. The third-order valence-corrected chi connectivity index (χ3v) is 6.73. The van der Waals surface area contributed by atoms with Crippen LogP contribution in [0.3, 0.4) is 0 Å². The zero-order chi connectivity index (χ0) is 26.6. The second-order valence-electron chi connectivity index (χ2n) is 8.88. The summed E-state index contributed by atoms with van der Waals surface area (Å²) in [4.78, 5) is 25.5. The van der Waals surface area contributed by atoms with E-state index in [4.69, 9.17) is 11.6 Å². The molecule has 0 aliphatic rings. The Balaban J connectivity index is 1.51. The Morgan fingerprint density at radius 2 is 1.79 bits per heavy atom. The molecule has 0 saturated carbocycles. The minimum Gasteiger partial charge on any atom is -0.478 e. The zero-order valence-corrected chi connectivity index (χ0v) is 21.4. The highest BCUT2D eigenvalue weighted by atomic mass is 35.5. The number of rotatable bonds is 9. The summed E-state index contributed by atoms with van der Waals surface area (Å²) in [5.41, 5.74) is 4.37. The van der Waals surface area contributed by atoms with Crippen molar-refractivity contribution in [2.24, 2.45) is 0 Å². The first-order chi connectivity index (χ1) is 18.5. The molecule has 9 nitrogen and oxygen atoms in total. The first-order valence-corrected chi connectivity index (χ1v) is 12.6. The van der Waals surface area contributed by atoms with Crippen LogP contribution in [0, 0.1) is 0 Å². The number of hydrogen-bond donors (Lipinski definition) is 2. The molecule has 0 bridgehead atoms. The Morgan fingerprint density at radius 1 is 1.03 bits per heavy atom. The number of hydrogen-bond acceptors (Lipinski definition) is 5. The quantitative estimate of drug-likeness (QED) is 0.270. The lowest BCUT2D eigenvalue weighted by Gasteiger charge is -2.10. The first kappa shape index (κ1) is 25.2. The Kier molecular flexibility index (Phi) is 7.19. The van der Waals surface area contributed by atoms with Crippen molar-refractivity contribution in [1.29, 1.82) is 0 Å². The number of halogens is 1. The van der Waals surface area contributed by atoms with E-state index in [1.165, 1.54) is 10.6 Å². The van der Waals surface area contributed by atoms with Gasteiger partial charge >= 0.3 is 11.7 Å². The van der Waals surface area contributed by atoms with Crippen LogP contribution in [0.15, 0.2) is 77.7 Å². The molecule has 0 unspecified atom stereocenters. The molecule has 38 heavy (non-hydrogen) atoms. The Labute approximate surface area is 223 Å². The Hall–Kier alpha value is -4.50. The molecule has 0 saturated heterocycles. The molecule has 0 atom stereocenters. The van der Waals surface area contributed by atoms with Gasteiger partial charge in [-0.25, -0.2) is 9.59 Å². The van der Waals surface area contributed by atoms with Gasteiger partial charge in [-0.3, -0.25) is 9.13 Å². The van der Waals surface area contributed by atoms with Crippen LogP contribution in [-0.2, 0) is 13.0 Å². The lowest BCUT2D eigenvalue weighted by Crippen LogP contribution is -2.26. The number of carboxylic acids is 1. The summed E-state index contributed by atoms with van der Waals surface area (Å²) in [6, 6.07) is 20.4. The van der Waals surface area contributed by atoms with Gasteiger partial charge in [-0.15, -0.1) is 10.2 Å². The molecule has 10 heteroatoms. The van der Waals surface area contributed by atoms with E-state index in [0.717, 1.165) is 40.8 Å². The van der Waals surface area contributed by atoms with Gasteiger partial charge < -0.3 is 5.11 Å². The second kappa shape index (κ2) is 10.9. The van der Waals surface area contributed by atoms with Crippen molar-refractivity contribution in [1.82, 2.24) is 29.8 Å². The first-order valence-electron chi connectivity index (χ1n) is 12.2. The molecule has 2 N–H and O–H groups in total. The maximum atomic E-state index is 13.6. The molecule has 2 heterocycles. The summed E-state index contributed by atoms with van der Waals surface area (Å²) in [6.07, 6.45) is 4.24. The molecule has 0 aliphatic heterocycles. The molecule has 192 valence electrons. The van der Waals surface area contributed by atoms with Crippen LogP contribution in [-0.4, -0.2) is 40.8 Å². The fourth-order valence-electron chi connectivity index (χ4n) is 4.52. The number of aryl methyl sites for hydroxylation is 1. The van der Waals surface area contributed by atoms with E-state index in [9.17, 15) is 14.7 Å². The van der Waals surface area contributed by atoms with Crippen molar-refractivity contribution in [2.75, 3.05) is 0 Å². The number of benzene rings is 3. The van der Waals surface area contributed by atoms with Gasteiger partial charge in [-0.1, -0.05) is 79.5 Å². The van der Waals surface area contributed by atoms with Crippen LogP contribution in [0.5, 0.6) is 0 Å². The van der Waals surface area contributed by atoms with Crippen molar-refractivity contribution in [3.8, 4) is 28.2 Å². The molecule has 2 aromatic heterocycles. The van der Waals surface area contributed by atoms with E-state index in [0.29, 0.717) is 18.8 Å². The van der Waals surface area contributed by atoms with E-state index in [-0.39, 0.29) is 22.0 Å². The summed E-state index contributed by atoms with van der Waals surface area (Å²) in [6.45, 7) is 2.42. The number of aromatic amines is 1. The minimum absolute atomic E-state index is 0.0246. The highest BCUT2D eigenvalue weighted by molar-refractivity contribution is 6.33. The summed E-state index contributed by atoms with van der Waals surface area (Å²) in [7, 11) is 0. The molecule has 0 spiro atoms. The summed E-state index contributed by atoms with van der Waals surface area (Å²) < 4.78 is 3.04. The number of unbranched alkanes of at least 4 members (excludes halogenated alkanes) is 1. The van der Waals surface area contributed by atoms with Gasteiger partial charge in [-0.2, -0.15) is 5.21 Å². The second-order valence-corrected chi connectivity index (χ2v) is 9.29. The van der Waals surface area contributed by atoms with Gasteiger partial charge in [-0.05, 0) is 46.9 Å². The van der Waals surface area contributed by atoms with Gasteiger partial charge in [0.2, 0.25) is 5.82 Å². The van der Waals surface area contributed by atoms with Crippen LogP contribution in [0.25, 0.3) is 28.2 Å². The standard InChI is InChI=1S/C28H25ClN6O3/c1-2-3-7-20-17-35(25-23(27(36)37)10-6-11-24(25)29)28(38)34(20)16-18-12-14-19(15-13-18)21-8-4-5-9-22(21)26-30-32-33-31-26/h4-6,8-15,17H,2-3,7,16H2,1H3,(H,36,37)(H,30,31,32,33). The summed E-state index contributed by atoms with van der Waals surface area (Å²) >= 11 is 6.38. The van der Waals surface area contributed by atoms with Gasteiger partial charge in [0.05, 0.1) is 22.8 Å². The van der Waals surface area contributed by atoms with Gasteiger partial charge in [0.25, 0.3) is 0 Å². The SMILES string of the molecule is CCCCc1cn(-c2c(Cl)cccc2C(=O)O)c(=O)n1Cc1ccc(-c2ccccc2-c2nn[nH]n2)cc1. The van der Waals surface area contributed by atoms with Crippen molar-refractivity contribution in [3.63, 3.8) is 0 Å². The van der Waals surface area contributed by atoms with E-state index in [1.807, 2.05) is 48.5 Å². The number of carbonyl (C=O) groups is 1. The number of nitrogens with zero attached hydrogens (tertiary/aromatic N) is 5. The van der Waals surface area contributed by atoms with Crippen LogP contribution >= 0.6 is 11.6 Å². The van der Waals surface area contributed by atoms with Crippen LogP contribution in [0.1, 0.15) is 41.4 Å². The van der Waals surface area contributed by atoms with E-state index < -0.39 is 5.97 Å². The largest absolute Gasteiger partial charge is 0.478 e. The number of para-hydroxylation sites is 1. The molecular weight excluding hydrogens is 504 g/mol. The van der Waals surface area contributed by atoms with E-state index in [1.54, 1.807) is 22.9 Å². The van der Waals surface area contributed by atoms with Crippen molar-refractivity contribution < 1.29 is 9.90 Å². The highest BCUT2D eigenvalue weighted by Gasteiger charge is 2.20. The maximum Gasteiger partial charge on any atom is 0.337 e. The van der Waals surface area contributed by atoms with Crippen LogP contribution < -0.4 is 5.69 Å². The van der Waals surface area contributed by atoms with Crippen molar-refractivity contribution in [2.45, 2.75) is 32.7 Å².